The van der Waals surface area contributed by atoms with Gasteiger partial charge in [-0.2, -0.15) is 0 Å². The number of fused-ring (bicyclic) bond motifs is 1. The highest BCUT2D eigenvalue weighted by atomic mass is 16.3. The van der Waals surface area contributed by atoms with Crippen molar-refractivity contribution in [1.82, 2.24) is 0 Å². The first-order valence-corrected chi connectivity index (χ1v) is 6.30. The molecule has 90 valence electrons. The zero-order valence-corrected chi connectivity index (χ0v) is 9.73. The van der Waals surface area contributed by atoms with Crippen LogP contribution in [0, 0.1) is 17.8 Å². The summed E-state index contributed by atoms with van der Waals surface area (Å²) >= 11 is 0. The lowest BCUT2D eigenvalue weighted by atomic mass is 10.1. The first-order chi connectivity index (χ1) is 8.29. The van der Waals surface area contributed by atoms with Gasteiger partial charge in [-0.3, -0.25) is 4.79 Å². The fourth-order valence-electron chi connectivity index (χ4n) is 3.13. The number of amides is 1. The Balaban J connectivity index is 1.61. The SMILES string of the molecule is O=C(Nc1ccc(CO)cc1)C1C2CCCC21. The van der Waals surface area contributed by atoms with Crippen LogP contribution in [0.25, 0.3) is 0 Å². The van der Waals surface area contributed by atoms with Crippen LogP contribution in [0.1, 0.15) is 24.8 Å². The van der Waals surface area contributed by atoms with E-state index in [0.29, 0.717) is 11.8 Å². The zero-order valence-electron chi connectivity index (χ0n) is 9.73. The summed E-state index contributed by atoms with van der Waals surface area (Å²) in [6.07, 6.45) is 3.75. The third-order valence-electron chi connectivity index (χ3n) is 4.11. The molecule has 1 aromatic carbocycles. The number of carbonyl (C=O) groups is 1. The van der Waals surface area contributed by atoms with Crippen LogP contribution in [0.5, 0.6) is 0 Å². The second-order valence-corrected chi connectivity index (χ2v) is 5.13. The number of carbonyl (C=O) groups excluding carboxylic acids is 1. The van der Waals surface area contributed by atoms with Crippen molar-refractivity contribution in [2.24, 2.45) is 17.8 Å². The molecule has 2 unspecified atom stereocenters. The van der Waals surface area contributed by atoms with Gasteiger partial charge in [0.1, 0.15) is 0 Å². The van der Waals surface area contributed by atoms with Crippen LogP contribution in [0.2, 0.25) is 0 Å². The number of hydrogen-bond donors (Lipinski definition) is 2. The van der Waals surface area contributed by atoms with Crippen LogP contribution >= 0.6 is 0 Å². The lowest BCUT2D eigenvalue weighted by Crippen LogP contribution is -2.16. The number of aliphatic hydroxyl groups is 1. The maximum Gasteiger partial charge on any atom is 0.228 e. The highest BCUT2D eigenvalue weighted by Crippen LogP contribution is 2.57. The molecule has 1 amide bonds. The lowest BCUT2D eigenvalue weighted by Gasteiger charge is -2.07. The third kappa shape index (κ3) is 1.95. The topological polar surface area (TPSA) is 49.3 Å². The molecule has 0 heterocycles. The van der Waals surface area contributed by atoms with Crippen LogP contribution in [-0.2, 0) is 11.4 Å². The first kappa shape index (κ1) is 10.8. The molecule has 3 nitrogen and oxygen atoms in total. The standard InChI is InChI=1S/C14H17NO2/c16-8-9-4-6-10(7-5-9)15-14(17)13-11-2-1-3-12(11)13/h4-7,11-13,16H,1-3,8H2,(H,15,17). The number of hydrogen-bond acceptors (Lipinski definition) is 2. The van der Waals surface area contributed by atoms with Gasteiger partial charge in [0, 0.05) is 11.6 Å². The van der Waals surface area contributed by atoms with Crippen molar-refractivity contribution in [3.05, 3.63) is 29.8 Å². The summed E-state index contributed by atoms with van der Waals surface area (Å²) in [5, 5.41) is 11.9. The lowest BCUT2D eigenvalue weighted by molar-refractivity contribution is -0.118. The molecule has 17 heavy (non-hydrogen) atoms. The van der Waals surface area contributed by atoms with Gasteiger partial charge in [0.2, 0.25) is 5.91 Å². The van der Waals surface area contributed by atoms with Gasteiger partial charge in [0.25, 0.3) is 0 Å². The van der Waals surface area contributed by atoms with E-state index in [0.717, 1.165) is 11.3 Å². The molecule has 3 heteroatoms. The molecular formula is C14H17NO2. The van der Waals surface area contributed by atoms with Crippen molar-refractivity contribution < 1.29 is 9.90 Å². The predicted octanol–water partition coefficient (Wildman–Crippen LogP) is 2.16. The van der Waals surface area contributed by atoms with Gasteiger partial charge in [-0.25, -0.2) is 0 Å². The van der Waals surface area contributed by atoms with Crippen molar-refractivity contribution >= 4 is 11.6 Å². The number of nitrogens with one attached hydrogen (secondary N) is 1. The van der Waals surface area contributed by atoms with Gasteiger partial charge in [0.05, 0.1) is 6.61 Å². The van der Waals surface area contributed by atoms with Crippen LogP contribution in [0.4, 0.5) is 5.69 Å². The molecule has 2 fully saturated rings. The Bertz CT molecular complexity index is 416. The summed E-state index contributed by atoms with van der Waals surface area (Å²) in [7, 11) is 0. The van der Waals surface area contributed by atoms with Crippen LogP contribution < -0.4 is 5.32 Å². The van der Waals surface area contributed by atoms with Gasteiger partial charge in [-0.05, 0) is 42.4 Å². The Hall–Kier alpha value is -1.35. The molecule has 2 aliphatic carbocycles. The van der Waals surface area contributed by atoms with E-state index in [4.69, 9.17) is 5.11 Å². The average molecular weight is 231 g/mol. The van der Waals surface area contributed by atoms with Crippen molar-refractivity contribution in [1.29, 1.82) is 0 Å². The minimum atomic E-state index is 0.0427. The quantitative estimate of drug-likeness (QED) is 0.837. The largest absolute Gasteiger partial charge is 0.392 e. The molecule has 2 saturated carbocycles. The molecule has 1 aromatic rings. The van der Waals surface area contributed by atoms with E-state index in [2.05, 4.69) is 5.32 Å². The molecule has 2 aliphatic rings. The fraction of sp³-hybridized carbons (Fsp3) is 0.500. The summed E-state index contributed by atoms with van der Waals surface area (Å²) in [6, 6.07) is 7.37. The predicted molar refractivity (Wildman–Crippen MR) is 65.3 cm³/mol. The Morgan fingerprint density at radius 3 is 2.47 bits per heavy atom. The van der Waals surface area contributed by atoms with E-state index >= 15 is 0 Å². The summed E-state index contributed by atoms with van der Waals surface area (Å²) in [6.45, 7) is 0.0427. The number of rotatable bonds is 3. The Labute approximate surface area is 101 Å². The molecule has 2 atom stereocenters. The maximum absolute atomic E-state index is 12.0. The van der Waals surface area contributed by atoms with Crippen molar-refractivity contribution in [3.8, 4) is 0 Å². The van der Waals surface area contributed by atoms with E-state index in [-0.39, 0.29) is 18.4 Å². The van der Waals surface area contributed by atoms with Crippen molar-refractivity contribution in [2.45, 2.75) is 25.9 Å². The minimum absolute atomic E-state index is 0.0427. The molecule has 0 aliphatic heterocycles. The van der Waals surface area contributed by atoms with E-state index in [9.17, 15) is 4.79 Å². The van der Waals surface area contributed by atoms with Gasteiger partial charge in [-0.15, -0.1) is 0 Å². The van der Waals surface area contributed by atoms with E-state index in [1.54, 1.807) is 0 Å². The van der Waals surface area contributed by atoms with Gasteiger partial charge < -0.3 is 10.4 Å². The molecule has 0 bridgehead atoms. The van der Waals surface area contributed by atoms with E-state index < -0.39 is 0 Å². The van der Waals surface area contributed by atoms with Crippen molar-refractivity contribution in [3.63, 3.8) is 0 Å². The highest BCUT2D eigenvalue weighted by Gasteiger charge is 2.56. The van der Waals surface area contributed by atoms with Crippen molar-refractivity contribution in [2.75, 3.05) is 5.32 Å². The fourth-order valence-corrected chi connectivity index (χ4v) is 3.13. The smallest absolute Gasteiger partial charge is 0.228 e. The number of anilines is 1. The monoisotopic (exact) mass is 231 g/mol. The molecular weight excluding hydrogens is 214 g/mol. The Kier molecular flexibility index (Phi) is 2.63. The summed E-state index contributed by atoms with van der Waals surface area (Å²) < 4.78 is 0. The summed E-state index contributed by atoms with van der Waals surface area (Å²) in [4.78, 5) is 12.0. The number of benzene rings is 1. The van der Waals surface area contributed by atoms with Crippen LogP contribution in [0.3, 0.4) is 0 Å². The normalized spacial score (nSPS) is 29.8. The van der Waals surface area contributed by atoms with E-state index in [1.807, 2.05) is 24.3 Å². The second-order valence-electron chi connectivity index (χ2n) is 5.13. The Morgan fingerprint density at radius 1 is 1.24 bits per heavy atom. The molecule has 0 spiro atoms. The van der Waals surface area contributed by atoms with Crippen LogP contribution in [-0.4, -0.2) is 11.0 Å². The zero-order chi connectivity index (χ0) is 11.8. The van der Waals surface area contributed by atoms with Gasteiger partial charge in [-0.1, -0.05) is 18.6 Å². The molecule has 2 N–H and O–H groups in total. The molecule has 3 rings (SSSR count). The van der Waals surface area contributed by atoms with E-state index in [1.165, 1.54) is 19.3 Å². The molecule has 0 saturated heterocycles. The van der Waals surface area contributed by atoms with Gasteiger partial charge in [0.15, 0.2) is 0 Å². The second kappa shape index (κ2) is 4.15. The molecule has 0 aromatic heterocycles. The summed E-state index contributed by atoms with van der Waals surface area (Å²) in [5.41, 5.74) is 1.70. The number of aliphatic hydroxyl groups excluding tert-OH is 1. The average Bonchev–Trinajstić information content (AvgIpc) is 2.85. The summed E-state index contributed by atoms with van der Waals surface area (Å²) in [5.74, 6) is 1.76. The first-order valence-electron chi connectivity index (χ1n) is 6.30. The minimum Gasteiger partial charge on any atom is -0.392 e. The highest BCUT2D eigenvalue weighted by molar-refractivity contribution is 5.95. The Morgan fingerprint density at radius 2 is 1.88 bits per heavy atom. The van der Waals surface area contributed by atoms with Gasteiger partial charge >= 0.3 is 0 Å². The van der Waals surface area contributed by atoms with Crippen LogP contribution in [0.15, 0.2) is 24.3 Å². The molecule has 0 radical (unpaired) electrons. The third-order valence-corrected chi connectivity index (χ3v) is 4.11. The maximum atomic E-state index is 12.0.